The molecule has 0 saturated carbocycles. The molecule has 16 heavy (non-hydrogen) atoms. The number of aliphatic hydroxyl groups is 1. The Hall–Kier alpha value is -0.0100. The summed E-state index contributed by atoms with van der Waals surface area (Å²) in [5.41, 5.74) is 0. The van der Waals surface area contributed by atoms with E-state index in [1.165, 1.54) is 0 Å². The molecule has 0 amide bonds. The monoisotopic (exact) mass is 296 g/mol. The molecule has 10 heteroatoms. The lowest BCUT2D eigenvalue weighted by Crippen LogP contribution is -2.08. The molecule has 0 aliphatic rings. The fourth-order valence-corrected chi connectivity index (χ4v) is 1.24. The topological polar surface area (TPSA) is 105 Å². The Balaban J connectivity index is 3.99. The van der Waals surface area contributed by atoms with Crippen molar-refractivity contribution in [1.29, 1.82) is 0 Å². The van der Waals surface area contributed by atoms with Crippen LogP contribution in [-0.2, 0) is 18.6 Å². The highest BCUT2D eigenvalue weighted by molar-refractivity contribution is 7.46. The molecule has 0 aliphatic heterocycles. The van der Waals surface area contributed by atoms with E-state index in [-0.39, 0.29) is 26.4 Å². The first-order valence-electron chi connectivity index (χ1n) is 3.98. The van der Waals surface area contributed by atoms with E-state index >= 15 is 0 Å². The number of phosphoric acid groups is 1. The maximum Gasteiger partial charge on any atom is 0.527 e. The predicted octanol–water partition coefficient (Wildman–Crippen LogP) is 0.725. The van der Waals surface area contributed by atoms with E-state index in [1.807, 2.05) is 0 Å². The van der Waals surface area contributed by atoms with Crippen molar-refractivity contribution in [3.8, 4) is 0 Å². The molecule has 3 N–H and O–H groups in total. The number of rotatable bonds is 8. The van der Waals surface area contributed by atoms with Crippen LogP contribution >= 0.6 is 31.0 Å². The molecule has 0 heterocycles. The van der Waals surface area contributed by atoms with Crippen molar-refractivity contribution in [1.82, 2.24) is 0 Å². The van der Waals surface area contributed by atoms with Gasteiger partial charge >= 0.3 is 13.8 Å². The first-order chi connectivity index (χ1) is 7.37. The van der Waals surface area contributed by atoms with E-state index in [4.69, 9.17) is 47.6 Å². The largest absolute Gasteiger partial charge is 0.527 e. The molecular formula is C6H11Cl2O7P. The first kappa shape index (κ1) is 16.0. The molecule has 0 rings (SSSR count). The third kappa shape index (κ3) is 9.23. The van der Waals surface area contributed by atoms with E-state index < -0.39 is 18.3 Å². The summed E-state index contributed by atoms with van der Waals surface area (Å²) in [6, 6.07) is 0. The number of hydrogen-bond donors (Lipinski definition) is 3. The number of aliphatic hydroxyl groups excluding tert-OH is 1. The number of halogens is 2. The Morgan fingerprint density at radius 3 is 2.25 bits per heavy atom. The molecule has 0 aromatic rings. The third-order valence-corrected chi connectivity index (χ3v) is 1.76. The van der Waals surface area contributed by atoms with Crippen LogP contribution in [0.3, 0.4) is 0 Å². The zero-order valence-corrected chi connectivity index (χ0v) is 10.4. The van der Waals surface area contributed by atoms with Crippen LogP contribution in [0.4, 0.5) is 0 Å². The molecule has 96 valence electrons. The van der Waals surface area contributed by atoms with Crippen LogP contribution in [0.15, 0.2) is 10.4 Å². The molecule has 0 unspecified atom stereocenters. The average molecular weight is 297 g/mol. The zero-order chi connectivity index (χ0) is 12.6. The van der Waals surface area contributed by atoms with Crippen LogP contribution in [0.5, 0.6) is 0 Å². The maximum atomic E-state index is 10.5. The molecule has 0 aromatic heterocycles. The normalized spacial score (nSPS) is 11.1. The van der Waals surface area contributed by atoms with Gasteiger partial charge in [0.05, 0.1) is 19.8 Å². The van der Waals surface area contributed by atoms with Gasteiger partial charge in [-0.2, -0.15) is 0 Å². The summed E-state index contributed by atoms with van der Waals surface area (Å²) >= 11 is 10.5. The van der Waals surface area contributed by atoms with E-state index in [9.17, 15) is 4.57 Å². The van der Waals surface area contributed by atoms with Crippen molar-refractivity contribution in [2.24, 2.45) is 0 Å². The third-order valence-electron chi connectivity index (χ3n) is 1.05. The molecule has 0 radical (unpaired) electrons. The van der Waals surface area contributed by atoms with Gasteiger partial charge in [0.1, 0.15) is 6.61 Å². The van der Waals surface area contributed by atoms with E-state index in [0.717, 1.165) is 0 Å². The highest BCUT2D eigenvalue weighted by atomic mass is 35.5. The number of phosphoric ester groups is 1. The Kier molecular flexibility index (Phi) is 8.13. The lowest BCUT2D eigenvalue weighted by Gasteiger charge is -2.12. The molecule has 0 aliphatic carbocycles. The van der Waals surface area contributed by atoms with Crippen LogP contribution < -0.4 is 0 Å². The fourth-order valence-electron chi connectivity index (χ4n) is 0.583. The smallest absolute Gasteiger partial charge is 0.461 e. The van der Waals surface area contributed by atoms with Crippen molar-refractivity contribution < 1.29 is 33.5 Å². The van der Waals surface area contributed by atoms with Crippen molar-refractivity contribution >= 4 is 31.0 Å². The highest BCUT2D eigenvalue weighted by Crippen LogP contribution is 2.40. The van der Waals surface area contributed by atoms with Crippen molar-refractivity contribution in [3.63, 3.8) is 0 Å². The summed E-state index contributed by atoms with van der Waals surface area (Å²) in [6.45, 7) is -0.0256. The predicted molar refractivity (Wildman–Crippen MR) is 55.7 cm³/mol. The van der Waals surface area contributed by atoms with Crippen LogP contribution in [-0.4, -0.2) is 41.3 Å². The molecule has 7 nitrogen and oxygen atoms in total. The van der Waals surface area contributed by atoms with Gasteiger partial charge in [-0.05, 0) is 0 Å². The zero-order valence-electron chi connectivity index (χ0n) is 8.01. The molecular weight excluding hydrogens is 286 g/mol. The minimum absolute atomic E-state index is 0.0790. The lowest BCUT2D eigenvalue weighted by molar-refractivity contribution is 0.0231. The van der Waals surface area contributed by atoms with Gasteiger partial charge in [-0.1, -0.05) is 23.2 Å². The number of ether oxygens (including phenoxy) is 2. The van der Waals surface area contributed by atoms with E-state index in [2.05, 4.69) is 4.52 Å². The SMILES string of the molecule is O=P(O)(O)OC(OCCOCCO)=C(Cl)Cl. The van der Waals surface area contributed by atoms with Crippen LogP contribution in [0.2, 0.25) is 0 Å². The highest BCUT2D eigenvalue weighted by Gasteiger charge is 2.21. The van der Waals surface area contributed by atoms with Crippen molar-refractivity contribution in [2.45, 2.75) is 0 Å². The van der Waals surface area contributed by atoms with Crippen LogP contribution in [0, 0.1) is 0 Å². The summed E-state index contributed by atoms with van der Waals surface area (Å²) in [5, 5.41) is 8.37. The molecule has 0 spiro atoms. The van der Waals surface area contributed by atoms with Crippen molar-refractivity contribution in [3.05, 3.63) is 10.4 Å². The summed E-state index contributed by atoms with van der Waals surface area (Å²) in [6.07, 6.45) is 0. The van der Waals surface area contributed by atoms with Gasteiger partial charge in [0.25, 0.3) is 0 Å². The second-order valence-electron chi connectivity index (χ2n) is 2.31. The second kappa shape index (κ2) is 8.14. The number of hydrogen-bond acceptors (Lipinski definition) is 5. The molecule has 0 fully saturated rings. The Bertz CT molecular complexity index is 272. The van der Waals surface area contributed by atoms with Gasteiger partial charge in [-0.25, -0.2) is 4.57 Å². The van der Waals surface area contributed by atoms with Gasteiger partial charge in [-0.15, -0.1) is 0 Å². The minimum atomic E-state index is -4.77. The lowest BCUT2D eigenvalue weighted by atomic mass is 10.7. The molecule has 0 aromatic carbocycles. The Morgan fingerprint density at radius 1 is 1.19 bits per heavy atom. The fraction of sp³-hybridized carbons (Fsp3) is 0.667. The van der Waals surface area contributed by atoms with Gasteiger partial charge in [-0.3, -0.25) is 9.79 Å². The molecule has 0 bridgehead atoms. The summed E-state index contributed by atoms with van der Waals surface area (Å²) in [7, 11) is -4.77. The van der Waals surface area contributed by atoms with Gasteiger partial charge in [0.2, 0.25) is 0 Å². The Morgan fingerprint density at radius 2 is 1.81 bits per heavy atom. The van der Waals surface area contributed by atoms with Gasteiger partial charge in [0, 0.05) is 0 Å². The minimum Gasteiger partial charge on any atom is -0.461 e. The van der Waals surface area contributed by atoms with Gasteiger partial charge in [0.15, 0.2) is 4.49 Å². The molecule has 0 saturated heterocycles. The standard InChI is InChI=1S/C6H11Cl2O7P/c7-5(8)6(15-16(10,11)12)14-4-3-13-2-1-9/h9H,1-4H2,(H2,10,11,12). The Labute approximate surface area is 102 Å². The first-order valence-corrected chi connectivity index (χ1v) is 6.27. The molecule has 0 atom stereocenters. The quantitative estimate of drug-likeness (QED) is 0.344. The van der Waals surface area contributed by atoms with E-state index in [0.29, 0.717) is 0 Å². The van der Waals surface area contributed by atoms with Crippen LogP contribution in [0.25, 0.3) is 0 Å². The summed E-state index contributed by atoms with van der Waals surface area (Å²) in [5.74, 6) is -0.677. The average Bonchev–Trinajstić information content (AvgIpc) is 2.13. The van der Waals surface area contributed by atoms with Crippen molar-refractivity contribution in [2.75, 3.05) is 26.4 Å². The van der Waals surface area contributed by atoms with Crippen LogP contribution in [0.1, 0.15) is 0 Å². The summed E-state index contributed by atoms with van der Waals surface area (Å²) in [4.78, 5) is 16.9. The second-order valence-corrected chi connectivity index (χ2v) is 4.43. The maximum absolute atomic E-state index is 10.5. The summed E-state index contributed by atoms with van der Waals surface area (Å²) < 4.78 is 23.5. The van der Waals surface area contributed by atoms with Gasteiger partial charge < -0.3 is 19.1 Å². The van der Waals surface area contributed by atoms with E-state index in [1.54, 1.807) is 0 Å².